The van der Waals surface area contributed by atoms with Gasteiger partial charge in [-0.05, 0) is 81.8 Å². The third-order valence-electron chi connectivity index (χ3n) is 9.00. The molecule has 0 aromatic heterocycles. The van der Waals surface area contributed by atoms with E-state index in [-0.39, 0.29) is 10.8 Å². The molecule has 0 heterocycles. The minimum absolute atomic E-state index is 0.0257. The first-order chi connectivity index (χ1) is 19.8. The summed E-state index contributed by atoms with van der Waals surface area (Å²) < 4.78 is 0. The van der Waals surface area contributed by atoms with Crippen LogP contribution in [-0.4, -0.2) is 11.3 Å². The van der Waals surface area contributed by atoms with E-state index >= 15 is 0 Å². The molecule has 0 saturated heterocycles. The molecule has 0 fully saturated rings. The largest absolute Gasteiger partial charge is 0.507 e. The smallest absolute Gasteiger partial charge is 0.128 e. The summed E-state index contributed by atoms with van der Waals surface area (Å²) >= 11 is 0. The monoisotopic (exact) mass is 537 g/mol. The Morgan fingerprint density at radius 1 is 0.805 bits per heavy atom. The Labute approximate surface area is 244 Å². The summed E-state index contributed by atoms with van der Waals surface area (Å²) in [6, 6.07) is 32.4. The zero-order valence-electron chi connectivity index (χ0n) is 24.6. The second kappa shape index (κ2) is 10.7. The van der Waals surface area contributed by atoms with Gasteiger partial charge in [0, 0.05) is 23.1 Å². The highest BCUT2D eigenvalue weighted by atomic mass is 16.3. The number of aromatic hydroxyl groups is 1. The molecule has 0 amide bonds. The van der Waals surface area contributed by atoms with E-state index in [1.807, 2.05) is 18.2 Å². The van der Waals surface area contributed by atoms with E-state index in [0.717, 1.165) is 36.1 Å². The van der Waals surface area contributed by atoms with Crippen LogP contribution in [0.2, 0.25) is 0 Å². The maximum atomic E-state index is 10.8. The van der Waals surface area contributed by atoms with Crippen LogP contribution in [0.1, 0.15) is 74.3 Å². The summed E-state index contributed by atoms with van der Waals surface area (Å²) in [5.74, 6) is 0.634. The van der Waals surface area contributed by atoms with Gasteiger partial charge in [-0.3, -0.25) is 4.99 Å². The number of hydrogen-bond acceptors (Lipinski definition) is 2. The highest BCUT2D eigenvalue weighted by Crippen LogP contribution is 2.57. The number of aryl methyl sites for hydroxylation is 1. The molecular weight excluding hydrogens is 498 g/mol. The summed E-state index contributed by atoms with van der Waals surface area (Å²) in [4.78, 5) is 4.68. The van der Waals surface area contributed by atoms with E-state index in [2.05, 4.69) is 124 Å². The van der Waals surface area contributed by atoms with Gasteiger partial charge in [-0.1, -0.05) is 119 Å². The van der Waals surface area contributed by atoms with Gasteiger partial charge in [-0.2, -0.15) is 0 Å². The molecule has 41 heavy (non-hydrogen) atoms. The molecule has 1 unspecified atom stereocenters. The van der Waals surface area contributed by atoms with Crippen molar-refractivity contribution in [2.75, 3.05) is 0 Å². The average molecular weight is 538 g/mol. The second-order valence-electron chi connectivity index (χ2n) is 12.7. The number of phenolic OH excluding ortho intramolecular Hbond substituents is 1. The summed E-state index contributed by atoms with van der Waals surface area (Å²) in [6.07, 6.45) is 11.9. The fraction of sp³-hybridized carbons (Fsp3) is 0.256. The van der Waals surface area contributed by atoms with E-state index < -0.39 is 0 Å². The van der Waals surface area contributed by atoms with Crippen LogP contribution in [0.4, 0.5) is 5.69 Å². The Balaban J connectivity index is 1.25. The number of hydrogen-bond donors (Lipinski definition) is 1. The van der Waals surface area contributed by atoms with Gasteiger partial charge in [0.2, 0.25) is 0 Å². The minimum atomic E-state index is -0.128. The predicted octanol–water partition coefficient (Wildman–Crippen LogP) is 10.1. The topological polar surface area (TPSA) is 32.6 Å². The Kier molecular flexibility index (Phi) is 7.03. The van der Waals surface area contributed by atoms with Crippen molar-refractivity contribution >= 4 is 11.9 Å². The van der Waals surface area contributed by atoms with Gasteiger partial charge in [0.15, 0.2) is 0 Å². The van der Waals surface area contributed by atoms with Gasteiger partial charge in [-0.15, -0.1) is 0 Å². The molecule has 0 saturated carbocycles. The van der Waals surface area contributed by atoms with Gasteiger partial charge in [0.25, 0.3) is 0 Å². The summed E-state index contributed by atoms with van der Waals surface area (Å²) in [5.41, 5.74) is 10.8. The van der Waals surface area contributed by atoms with Crippen LogP contribution in [0.3, 0.4) is 0 Å². The molecule has 4 aromatic rings. The predicted molar refractivity (Wildman–Crippen MR) is 172 cm³/mol. The zero-order chi connectivity index (χ0) is 28.6. The molecule has 1 atom stereocenters. The lowest BCUT2D eigenvalue weighted by atomic mass is 9.65. The Hall–Kier alpha value is -4.17. The molecule has 2 heteroatoms. The van der Waals surface area contributed by atoms with Crippen molar-refractivity contribution in [3.05, 3.63) is 143 Å². The van der Waals surface area contributed by atoms with Crippen molar-refractivity contribution in [2.45, 2.75) is 58.3 Å². The van der Waals surface area contributed by atoms with Gasteiger partial charge in [0.1, 0.15) is 5.75 Å². The third kappa shape index (κ3) is 5.08. The molecule has 2 aliphatic carbocycles. The number of phenols is 1. The van der Waals surface area contributed by atoms with Crippen LogP contribution in [0.25, 0.3) is 11.1 Å². The van der Waals surface area contributed by atoms with Crippen molar-refractivity contribution in [3.63, 3.8) is 0 Å². The molecule has 2 aliphatic rings. The Morgan fingerprint density at radius 3 is 2.07 bits per heavy atom. The first-order valence-corrected chi connectivity index (χ1v) is 14.8. The molecular formula is C39H39NO. The molecule has 1 N–H and O–H groups in total. The van der Waals surface area contributed by atoms with Crippen LogP contribution in [0, 0.1) is 5.41 Å². The van der Waals surface area contributed by atoms with E-state index in [9.17, 15) is 5.11 Å². The molecule has 0 aliphatic heterocycles. The van der Waals surface area contributed by atoms with Gasteiger partial charge in [-0.25, -0.2) is 0 Å². The fourth-order valence-electron chi connectivity index (χ4n) is 6.75. The number of rotatable bonds is 7. The highest BCUT2D eigenvalue weighted by molar-refractivity contribution is 5.86. The number of fused-ring (bicyclic) bond motifs is 3. The van der Waals surface area contributed by atoms with E-state index in [4.69, 9.17) is 0 Å². The van der Waals surface area contributed by atoms with Crippen LogP contribution in [-0.2, 0) is 11.8 Å². The number of allylic oxidation sites excluding steroid dienone is 4. The number of aliphatic imine (C=N–C) groups is 1. The van der Waals surface area contributed by atoms with Crippen molar-refractivity contribution < 1.29 is 5.11 Å². The van der Waals surface area contributed by atoms with Gasteiger partial charge >= 0.3 is 0 Å². The van der Waals surface area contributed by atoms with Crippen LogP contribution in [0.5, 0.6) is 5.75 Å². The van der Waals surface area contributed by atoms with Gasteiger partial charge in [0.05, 0.1) is 5.69 Å². The Morgan fingerprint density at radius 2 is 1.46 bits per heavy atom. The van der Waals surface area contributed by atoms with Crippen molar-refractivity contribution in [3.8, 4) is 16.9 Å². The second-order valence-corrected chi connectivity index (χ2v) is 12.7. The maximum absolute atomic E-state index is 10.8. The van der Waals surface area contributed by atoms with E-state index in [1.165, 1.54) is 33.4 Å². The fourth-order valence-corrected chi connectivity index (χ4v) is 6.75. The highest BCUT2D eigenvalue weighted by Gasteiger charge is 2.43. The lowest BCUT2D eigenvalue weighted by Crippen LogP contribution is -2.28. The quantitative estimate of drug-likeness (QED) is 0.234. The van der Waals surface area contributed by atoms with Crippen molar-refractivity contribution in [1.82, 2.24) is 0 Å². The standard InChI is InChI=1S/C39H39NO/c1-38(2,3)35-19-11-12-28(37(35)41)26-40-30-22-20-27(21-23-30)24-25-39(4,29-13-5-6-14-29)36-33-17-9-7-15-31(33)32-16-8-10-18-34(32)36/h5,7-23,26,36,41H,6,24-25H2,1-4H3. The maximum Gasteiger partial charge on any atom is 0.128 e. The van der Waals surface area contributed by atoms with Crippen molar-refractivity contribution in [1.29, 1.82) is 0 Å². The lowest BCUT2D eigenvalue weighted by Gasteiger charge is -2.38. The van der Waals surface area contributed by atoms with Crippen molar-refractivity contribution in [2.24, 2.45) is 10.4 Å². The van der Waals surface area contributed by atoms with Gasteiger partial charge < -0.3 is 5.11 Å². The van der Waals surface area contributed by atoms with E-state index in [0.29, 0.717) is 11.7 Å². The number of para-hydroxylation sites is 1. The molecule has 0 radical (unpaired) electrons. The van der Waals surface area contributed by atoms with Crippen LogP contribution in [0.15, 0.2) is 120 Å². The van der Waals surface area contributed by atoms with E-state index in [1.54, 1.807) is 6.21 Å². The summed E-state index contributed by atoms with van der Waals surface area (Å²) in [7, 11) is 0. The lowest BCUT2D eigenvalue weighted by molar-refractivity contribution is 0.330. The SMILES string of the molecule is CC(C)(C)c1cccc(C=Nc2ccc(CCC(C)(C3=CCC=C3)C3c4ccccc4-c4ccccc43)cc2)c1O. The van der Waals surface area contributed by atoms with Crippen LogP contribution >= 0.6 is 0 Å². The molecule has 2 nitrogen and oxygen atoms in total. The molecule has 0 bridgehead atoms. The average Bonchev–Trinajstić information content (AvgIpc) is 3.63. The molecule has 6 rings (SSSR count). The minimum Gasteiger partial charge on any atom is -0.507 e. The van der Waals surface area contributed by atoms with Crippen LogP contribution < -0.4 is 0 Å². The Bertz CT molecular complexity index is 1620. The summed E-state index contributed by atoms with van der Waals surface area (Å²) in [5, 5.41) is 10.8. The molecule has 0 spiro atoms. The zero-order valence-corrected chi connectivity index (χ0v) is 24.6. The molecule has 206 valence electrons. The summed E-state index contributed by atoms with van der Waals surface area (Å²) in [6.45, 7) is 8.79. The molecule has 4 aromatic carbocycles. The first-order valence-electron chi connectivity index (χ1n) is 14.8. The first kappa shape index (κ1) is 27.0. The number of benzene rings is 4. The number of nitrogens with zero attached hydrogens (tertiary/aromatic N) is 1. The normalized spacial score (nSPS) is 16.0. The third-order valence-corrected chi connectivity index (χ3v) is 9.00.